The Morgan fingerprint density at radius 2 is 1.69 bits per heavy atom. The van der Waals surface area contributed by atoms with E-state index in [1.807, 2.05) is 42.5 Å². The van der Waals surface area contributed by atoms with E-state index in [1.165, 1.54) is 0 Å². The molecule has 0 spiro atoms. The van der Waals surface area contributed by atoms with E-state index in [1.54, 1.807) is 30.3 Å². The molecule has 0 fully saturated rings. The molecule has 0 aliphatic heterocycles. The van der Waals surface area contributed by atoms with Gasteiger partial charge in [0.25, 0.3) is 0 Å². The van der Waals surface area contributed by atoms with Crippen LogP contribution in [0, 0.1) is 0 Å². The van der Waals surface area contributed by atoms with E-state index in [2.05, 4.69) is 15.6 Å². The summed E-state index contributed by atoms with van der Waals surface area (Å²) in [5.41, 5.74) is 3.41. The van der Waals surface area contributed by atoms with Crippen molar-refractivity contribution >= 4 is 40.1 Å². The Balaban J connectivity index is 1.55. The molecule has 6 heteroatoms. The molecule has 3 aromatic carbocycles. The van der Waals surface area contributed by atoms with Gasteiger partial charge in [0.1, 0.15) is 5.52 Å². The molecule has 0 saturated carbocycles. The van der Waals surface area contributed by atoms with Gasteiger partial charge in [-0.1, -0.05) is 35.9 Å². The summed E-state index contributed by atoms with van der Waals surface area (Å²) in [5, 5.41) is 6.16. The third-order valence-corrected chi connectivity index (χ3v) is 3.98. The minimum atomic E-state index is -0.329. The number of nitrogens with one attached hydrogen (secondary N) is 2. The summed E-state index contributed by atoms with van der Waals surface area (Å²) in [7, 11) is 0. The van der Waals surface area contributed by atoms with Crippen LogP contribution in [0.3, 0.4) is 0 Å². The van der Waals surface area contributed by atoms with E-state index < -0.39 is 0 Å². The molecule has 2 amide bonds. The third-order valence-electron chi connectivity index (χ3n) is 3.75. The fourth-order valence-corrected chi connectivity index (χ4v) is 2.75. The number of para-hydroxylation sites is 1. The van der Waals surface area contributed by atoms with E-state index in [9.17, 15) is 4.79 Å². The number of halogens is 1. The molecular weight excluding hydrogens is 350 g/mol. The van der Waals surface area contributed by atoms with Gasteiger partial charge >= 0.3 is 6.03 Å². The van der Waals surface area contributed by atoms with Gasteiger partial charge in [0.2, 0.25) is 5.89 Å². The molecular formula is C20H14ClN3O2. The van der Waals surface area contributed by atoms with E-state index in [4.69, 9.17) is 16.0 Å². The molecule has 0 radical (unpaired) electrons. The van der Waals surface area contributed by atoms with Crippen LogP contribution in [-0.2, 0) is 0 Å². The van der Waals surface area contributed by atoms with Gasteiger partial charge in [-0.2, -0.15) is 0 Å². The fraction of sp³-hybridized carbons (Fsp3) is 0. The first kappa shape index (κ1) is 16.2. The number of rotatable bonds is 3. The lowest BCUT2D eigenvalue weighted by atomic mass is 10.2. The Hall–Kier alpha value is -3.31. The SMILES string of the molecule is O=C(Nc1ccccc1)Nc1ccc2nc(-c3cccc(Cl)c3)oc2c1. The molecule has 4 aromatic rings. The number of anilines is 2. The molecule has 5 nitrogen and oxygen atoms in total. The molecule has 0 unspecified atom stereocenters. The number of carbonyl (C=O) groups excluding carboxylic acids is 1. The number of benzene rings is 3. The van der Waals surface area contributed by atoms with E-state index in [0.29, 0.717) is 33.4 Å². The quantitative estimate of drug-likeness (QED) is 0.484. The number of amides is 2. The van der Waals surface area contributed by atoms with Gasteiger partial charge in [-0.3, -0.25) is 0 Å². The maximum atomic E-state index is 12.1. The Labute approximate surface area is 154 Å². The molecule has 1 aromatic heterocycles. The second-order valence-electron chi connectivity index (χ2n) is 5.66. The average Bonchev–Trinajstić information content (AvgIpc) is 3.06. The monoisotopic (exact) mass is 363 g/mol. The lowest BCUT2D eigenvalue weighted by molar-refractivity contribution is 0.262. The van der Waals surface area contributed by atoms with Crippen LogP contribution in [-0.4, -0.2) is 11.0 Å². The highest BCUT2D eigenvalue weighted by Gasteiger charge is 2.10. The Bertz CT molecular complexity index is 1080. The highest BCUT2D eigenvalue weighted by atomic mass is 35.5. The molecule has 4 rings (SSSR count). The van der Waals surface area contributed by atoms with Crippen LogP contribution < -0.4 is 10.6 Å². The van der Waals surface area contributed by atoms with Gasteiger partial charge in [-0.15, -0.1) is 0 Å². The zero-order valence-corrected chi connectivity index (χ0v) is 14.3. The number of urea groups is 1. The number of hydrogen-bond acceptors (Lipinski definition) is 3. The van der Waals surface area contributed by atoms with Gasteiger partial charge in [0.15, 0.2) is 5.58 Å². The van der Waals surface area contributed by atoms with Gasteiger partial charge in [0, 0.05) is 28.0 Å². The standard InChI is InChI=1S/C20H14ClN3O2/c21-14-6-4-5-13(11-14)19-24-17-10-9-16(12-18(17)26-19)23-20(25)22-15-7-2-1-3-8-15/h1-12H,(H2,22,23,25). The number of fused-ring (bicyclic) bond motifs is 1. The smallest absolute Gasteiger partial charge is 0.323 e. The fourth-order valence-electron chi connectivity index (χ4n) is 2.56. The van der Waals surface area contributed by atoms with Crippen molar-refractivity contribution in [2.45, 2.75) is 0 Å². The summed E-state index contributed by atoms with van der Waals surface area (Å²) in [6.45, 7) is 0. The molecule has 0 aliphatic carbocycles. The van der Waals surface area contributed by atoms with Crippen molar-refractivity contribution in [3.8, 4) is 11.5 Å². The number of oxazole rings is 1. The summed E-state index contributed by atoms with van der Waals surface area (Å²) >= 11 is 6.02. The van der Waals surface area contributed by atoms with E-state index in [0.717, 1.165) is 5.56 Å². The molecule has 0 bridgehead atoms. The summed E-state index contributed by atoms with van der Waals surface area (Å²) < 4.78 is 5.81. The molecule has 0 saturated heterocycles. The molecule has 2 N–H and O–H groups in total. The molecule has 128 valence electrons. The number of aromatic nitrogens is 1. The van der Waals surface area contributed by atoms with Crippen molar-refractivity contribution < 1.29 is 9.21 Å². The van der Waals surface area contributed by atoms with Gasteiger partial charge < -0.3 is 15.1 Å². The number of hydrogen-bond donors (Lipinski definition) is 2. The first-order chi connectivity index (χ1) is 12.7. The summed E-state index contributed by atoms with van der Waals surface area (Å²) in [5.74, 6) is 0.480. The van der Waals surface area contributed by atoms with Crippen molar-refractivity contribution in [3.63, 3.8) is 0 Å². The van der Waals surface area contributed by atoms with E-state index >= 15 is 0 Å². The van der Waals surface area contributed by atoms with Crippen molar-refractivity contribution in [3.05, 3.63) is 77.8 Å². The lowest BCUT2D eigenvalue weighted by Crippen LogP contribution is -2.19. The normalized spacial score (nSPS) is 10.7. The van der Waals surface area contributed by atoms with Crippen LogP contribution >= 0.6 is 11.6 Å². The zero-order chi connectivity index (χ0) is 17.9. The van der Waals surface area contributed by atoms with Crippen molar-refractivity contribution in [1.82, 2.24) is 4.98 Å². The van der Waals surface area contributed by atoms with Gasteiger partial charge in [-0.25, -0.2) is 9.78 Å². The van der Waals surface area contributed by atoms with Crippen LogP contribution in [0.15, 0.2) is 77.2 Å². The maximum absolute atomic E-state index is 12.1. The van der Waals surface area contributed by atoms with Gasteiger partial charge in [0.05, 0.1) is 0 Å². The second kappa shape index (κ2) is 6.90. The molecule has 26 heavy (non-hydrogen) atoms. The Kier molecular flexibility index (Phi) is 4.29. The van der Waals surface area contributed by atoms with E-state index in [-0.39, 0.29) is 6.03 Å². The van der Waals surface area contributed by atoms with Crippen LogP contribution in [0.25, 0.3) is 22.6 Å². The predicted molar refractivity (Wildman–Crippen MR) is 104 cm³/mol. The highest BCUT2D eigenvalue weighted by molar-refractivity contribution is 6.30. The van der Waals surface area contributed by atoms with Crippen molar-refractivity contribution in [2.75, 3.05) is 10.6 Å². The number of nitrogens with zero attached hydrogens (tertiary/aromatic N) is 1. The summed E-state index contributed by atoms with van der Waals surface area (Å²) in [4.78, 5) is 16.6. The first-order valence-corrected chi connectivity index (χ1v) is 8.35. The largest absolute Gasteiger partial charge is 0.436 e. The zero-order valence-electron chi connectivity index (χ0n) is 13.6. The maximum Gasteiger partial charge on any atom is 0.323 e. The highest BCUT2D eigenvalue weighted by Crippen LogP contribution is 2.27. The van der Waals surface area contributed by atoms with Crippen molar-refractivity contribution in [2.24, 2.45) is 0 Å². The Morgan fingerprint density at radius 3 is 2.50 bits per heavy atom. The summed E-state index contributed by atoms with van der Waals surface area (Å²) in [6, 6.07) is 21.5. The molecule has 0 aliphatic rings. The molecule has 1 heterocycles. The van der Waals surface area contributed by atoms with Crippen LogP contribution in [0.1, 0.15) is 0 Å². The summed E-state index contributed by atoms with van der Waals surface area (Å²) in [6.07, 6.45) is 0. The minimum absolute atomic E-state index is 0.329. The minimum Gasteiger partial charge on any atom is -0.436 e. The van der Waals surface area contributed by atoms with Crippen LogP contribution in [0.2, 0.25) is 5.02 Å². The van der Waals surface area contributed by atoms with Crippen LogP contribution in [0.4, 0.5) is 16.2 Å². The average molecular weight is 364 g/mol. The first-order valence-electron chi connectivity index (χ1n) is 7.97. The third kappa shape index (κ3) is 3.53. The predicted octanol–water partition coefficient (Wildman–Crippen LogP) is 5.79. The second-order valence-corrected chi connectivity index (χ2v) is 6.09. The van der Waals surface area contributed by atoms with Crippen LogP contribution in [0.5, 0.6) is 0 Å². The van der Waals surface area contributed by atoms with Gasteiger partial charge in [-0.05, 0) is 42.5 Å². The topological polar surface area (TPSA) is 67.2 Å². The molecule has 0 atom stereocenters. The van der Waals surface area contributed by atoms with Crippen molar-refractivity contribution in [1.29, 1.82) is 0 Å². The Morgan fingerprint density at radius 1 is 0.885 bits per heavy atom. The number of carbonyl (C=O) groups is 1. The lowest BCUT2D eigenvalue weighted by Gasteiger charge is -2.07.